The lowest BCUT2D eigenvalue weighted by Crippen LogP contribution is -2.23. The Bertz CT molecular complexity index is 425. The van der Waals surface area contributed by atoms with E-state index in [0.29, 0.717) is 5.75 Å². The summed E-state index contributed by atoms with van der Waals surface area (Å²) in [4.78, 5) is 10.4. The molecule has 0 aliphatic carbocycles. The molecule has 0 aliphatic rings. The molecule has 1 aromatic carbocycles. The molecule has 0 spiro atoms. The fraction of sp³-hybridized carbons (Fsp3) is 0.500. The standard InChI is InChI=1S/C12H17NO5/c1-12(2,3)18-11-7-9(17-8-16-4)5-6-10(11)13(14)15/h5-7H,8H2,1-4H3. The second kappa shape index (κ2) is 5.68. The fourth-order valence-electron chi connectivity index (χ4n) is 1.27. The van der Waals surface area contributed by atoms with Crippen molar-refractivity contribution in [2.75, 3.05) is 13.9 Å². The van der Waals surface area contributed by atoms with Crippen LogP contribution < -0.4 is 9.47 Å². The topological polar surface area (TPSA) is 70.8 Å². The van der Waals surface area contributed by atoms with Gasteiger partial charge >= 0.3 is 5.69 Å². The molecule has 0 radical (unpaired) electrons. The average molecular weight is 255 g/mol. The van der Waals surface area contributed by atoms with E-state index in [1.54, 1.807) is 0 Å². The van der Waals surface area contributed by atoms with Crippen LogP contribution in [0.1, 0.15) is 20.8 Å². The van der Waals surface area contributed by atoms with Crippen LogP contribution in [0.25, 0.3) is 0 Å². The van der Waals surface area contributed by atoms with Gasteiger partial charge in [-0.25, -0.2) is 0 Å². The van der Waals surface area contributed by atoms with Crippen LogP contribution in [0.3, 0.4) is 0 Å². The van der Waals surface area contributed by atoms with E-state index in [-0.39, 0.29) is 18.2 Å². The van der Waals surface area contributed by atoms with Crippen LogP contribution in [0.4, 0.5) is 5.69 Å². The molecule has 0 N–H and O–H groups in total. The number of rotatable bonds is 5. The number of hydrogen-bond donors (Lipinski definition) is 0. The van der Waals surface area contributed by atoms with Crippen LogP contribution >= 0.6 is 0 Å². The van der Waals surface area contributed by atoms with Crippen molar-refractivity contribution in [3.8, 4) is 11.5 Å². The molecule has 18 heavy (non-hydrogen) atoms. The molecule has 100 valence electrons. The molecule has 0 amide bonds. The lowest BCUT2D eigenvalue weighted by Gasteiger charge is -2.21. The van der Waals surface area contributed by atoms with E-state index in [1.165, 1.54) is 25.3 Å². The van der Waals surface area contributed by atoms with Crippen molar-refractivity contribution >= 4 is 5.69 Å². The first-order valence-corrected chi connectivity index (χ1v) is 5.42. The maximum atomic E-state index is 10.9. The lowest BCUT2D eigenvalue weighted by atomic mass is 10.2. The Labute approximate surface area is 106 Å². The molecular formula is C12H17NO5. The third-order valence-corrected chi connectivity index (χ3v) is 1.89. The first-order chi connectivity index (χ1) is 8.33. The van der Waals surface area contributed by atoms with Crippen LogP contribution in [0, 0.1) is 10.1 Å². The summed E-state index contributed by atoms with van der Waals surface area (Å²) in [6.07, 6.45) is 0. The number of nitro groups is 1. The summed E-state index contributed by atoms with van der Waals surface area (Å²) < 4.78 is 15.5. The zero-order chi connectivity index (χ0) is 13.8. The number of hydrogen-bond acceptors (Lipinski definition) is 5. The molecule has 0 bridgehead atoms. The van der Waals surface area contributed by atoms with Gasteiger partial charge in [-0.3, -0.25) is 10.1 Å². The fourth-order valence-corrected chi connectivity index (χ4v) is 1.27. The van der Waals surface area contributed by atoms with E-state index in [9.17, 15) is 10.1 Å². The van der Waals surface area contributed by atoms with Crippen molar-refractivity contribution in [3.05, 3.63) is 28.3 Å². The van der Waals surface area contributed by atoms with E-state index in [4.69, 9.17) is 14.2 Å². The molecule has 1 rings (SSSR count). The highest BCUT2D eigenvalue weighted by atomic mass is 16.7. The molecule has 0 atom stereocenters. The minimum absolute atomic E-state index is 0.0762. The summed E-state index contributed by atoms with van der Waals surface area (Å²) in [5, 5.41) is 10.9. The number of nitrogens with zero attached hydrogens (tertiary/aromatic N) is 1. The summed E-state index contributed by atoms with van der Waals surface area (Å²) >= 11 is 0. The Hall–Kier alpha value is -1.82. The highest BCUT2D eigenvalue weighted by Crippen LogP contribution is 2.33. The van der Waals surface area contributed by atoms with Crippen molar-refractivity contribution < 1.29 is 19.1 Å². The maximum Gasteiger partial charge on any atom is 0.311 e. The van der Waals surface area contributed by atoms with Gasteiger partial charge in [0.15, 0.2) is 6.79 Å². The van der Waals surface area contributed by atoms with Gasteiger partial charge in [0.25, 0.3) is 0 Å². The average Bonchev–Trinajstić information content (AvgIpc) is 2.23. The highest BCUT2D eigenvalue weighted by Gasteiger charge is 2.21. The largest absolute Gasteiger partial charge is 0.481 e. The van der Waals surface area contributed by atoms with Gasteiger partial charge in [0.1, 0.15) is 11.4 Å². The van der Waals surface area contributed by atoms with E-state index in [1.807, 2.05) is 20.8 Å². The summed E-state index contributed by atoms with van der Waals surface area (Å²) in [6, 6.07) is 4.35. The van der Waals surface area contributed by atoms with Crippen molar-refractivity contribution in [1.29, 1.82) is 0 Å². The van der Waals surface area contributed by atoms with Crippen molar-refractivity contribution in [1.82, 2.24) is 0 Å². The number of ether oxygens (including phenoxy) is 3. The Morgan fingerprint density at radius 1 is 1.33 bits per heavy atom. The van der Waals surface area contributed by atoms with Crippen LogP contribution in [-0.2, 0) is 4.74 Å². The van der Waals surface area contributed by atoms with Gasteiger partial charge in [0.2, 0.25) is 5.75 Å². The van der Waals surface area contributed by atoms with Crippen LogP contribution in [0.5, 0.6) is 11.5 Å². The molecule has 0 aliphatic heterocycles. The van der Waals surface area contributed by atoms with Crippen molar-refractivity contribution in [3.63, 3.8) is 0 Å². The minimum atomic E-state index is -0.523. The molecule has 6 heteroatoms. The normalized spacial score (nSPS) is 11.1. The summed E-state index contributed by atoms with van der Waals surface area (Å²) in [6.45, 7) is 5.53. The summed E-state index contributed by atoms with van der Waals surface area (Å²) in [7, 11) is 1.50. The smallest absolute Gasteiger partial charge is 0.311 e. The van der Waals surface area contributed by atoms with Gasteiger partial charge in [-0.1, -0.05) is 0 Å². The molecule has 6 nitrogen and oxygen atoms in total. The van der Waals surface area contributed by atoms with E-state index >= 15 is 0 Å². The molecule has 1 aromatic rings. The minimum Gasteiger partial charge on any atom is -0.481 e. The van der Waals surface area contributed by atoms with Gasteiger partial charge < -0.3 is 14.2 Å². The van der Waals surface area contributed by atoms with Gasteiger partial charge in [-0.05, 0) is 26.8 Å². The quantitative estimate of drug-likeness (QED) is 0.459. The third-order valence-electron chi connectivity index (χ3n) is 1.89. The predicted molar refractivity (Wildman–Crippen MR) is 66.0 cm³/mol. The third kappa shape index (κ3) is 4.21. The second-order valence-electron chi connectivity index (χ2n) is 4.65. The zero-order valence-electron chi connectivity index (χ0n) is 10.9. The lowest BCUT2D eigenvalue weighted by molar-refractivity contribution is -0.386. The van der Waals surface area contributed by atoms with Crippen LogP contribution in [0.15, 0.2) is 18.2 Å². The van der Waals surface area contributed by atoms with Crippen molar-refractivity contribution in [2.45, 2.75) is 26.4 Å². The Morgan fingerprint density at radius 2 is 2.00 bits per heavy atom. The Morgan fingerprint density at radius 3 is 2.50 bits per heavy atom. The molecule has 0 fully saturated rings. The highest BCUT2D eigenvalue weighted by molar-refractivity contribution is 5.50. The van der Waals surface area contributed by atoms with Crippen molar-refractivity contribution in [2.24, 2.45) is 0 Å². The van der Waals surface area contributed by atoms with E-state index in [0.717, 1.165) is 0 Å². The SMILES string of the molecule is COCOc1ccc([N+](=O)[O-])c(OC(C)(C)C)c1. The van der Waals surface area contributed by atoms with Crippen LogP contribution in [-0.4, -0.2) is 24.4 Å². The van der Waals surface area contributed by atoms with Gasteiger partial charge in [0.05, 0.1) is 4.92 Å². The van der Waals surface area contributed by atoms with Crippen LogP contribution in [0.2, 0.25) is 0 Å². The zero-order valence-corrected chi connectivity index (χ0v) is 10.9. The van der Waals surface area contributed by atoms with Gasteiger partial charge in [-0.15, -0.1) is 0 Å². The Kier molecular flexibility index (Phi) is 4.49. The number of methoxy groups -OCH3 is 1. The van der Waals surface area contributed by atoms with E-state index in [2.05, 4.69) is 0 Å². The number of nitro benzene ring substituents is 1. The molecule has 0 saturated carbocycles. The Balaban J connectivity index is 3.03. The predicted octanol–water partition coefficient (Wildman–Crippen LogP) is 2.75. The molecule has 0 saturated heterocycles. The second-order valence-corrected chi connectivity index (χ2v) is 4.65. The van der Waals surface area contributed by atoms with Gasteiger partial charge in [0, 0.05) is 19.2 Å². The van der Waals surface area contributed by atoms with E-state index < -0.39 is 10.5 Å². The monoisotopic (exact) mass is 255 g/mol. The molecule has 0 unspecified atom stereocenters. The summed E-state index contributed by atoms with van der Waals surface area (Å²) in [5.41, 5.74) is -0.611. The molecule has 0 heterocycles. The number of benzene rings is 1. The first-order valence-electron chi connectivity index (χ1n) is 5.42. The first kappa shape index (κ1) is 14.2. The molecular weight excluding hydrogens is 238 g/mol. The summed E-state index contributed by atoms with van der Waals surface area (Å²) in [5.74, 6) is 0.641. The van der Waals surface area contributed by atoms with Gasteiger partial charge in [-0.2, -0.15) is 0 Å². The molecule has 0 aromatic heterocycles. The maximum absolute atomic E-state index is 10.9.